The highest BCUT2D eigenvalue weighted by atomic mass is 32.2. The third kappa shape index (κ3) is 8.16. The van der Waals surface area contributed by atoms with Gasteiger partial charge in [-0.25, -0.2) is 10.6 Å². The molecule has 8 rings (SSSR count). The quantitative estimate of drug-likeness (QED) is 0.0170. The summed E-state index contributed by atoms with van der Waals surface area (Å²) in [6, 6.07) is 22.0. The highest BCUT2D eigenvalue weighted by Crippen LogP contribution is 2.51. The van der Waals surface area contributed by atoms with Crippen molar-refractivity contribution < 1.29 is 9.53 Å². The minimum atomic E-state index is -1.75. The highest BCUT2D eigenvalue weighted by molar-refractivity contribution is 8.02. The number of esters is 1. The first-order valence-electron chi connectivity index (χ1n) is 20.4. The molecular formula is C45H50N8O5S2. The van der Waals surface area contributed by atoms with Crippen LogP contribution in [-0.4, -0.2) is 60.9 Å². The number of nitrogen functional groups attached to an aromatic ring is 1. The van der Waals surface area contributed by atoms with Crippen molar-refractivity contribution in [3.63, 3.8) is 0 Å². The van der Waals surface area contributed by atoms with Crippen LogP contribution in [0.2, 0.25) is 0 Å². The van der Waals surface area contributed by atoms with Crippen LogP contribution in [0.3, 0.4) is 0 Å². The lowest BCUT2D eigenvalue weighted by Gasteiger charge is -2.58. The smallest absolute Gasteiger partial charge is 0.348 e. The first-order valence-corrected chi connectivity index (χ1v) is 22.5. The molecule has 2 aromatic heterocycles. The van der Waals surface area contributed by atoms with Crippen molar-refractivity contribution in [2.24, 2.45) is 21.6 Å². The number of nitrogens with one attached hydrogen (secondary N) is 2. The lowest BCUT2D eigenvalue weighted by molar-refractivity contribution is -0.180. The number of hydrazine groups is 1. The van der Waals surface area contributed by atoms with Crippen LogP contribution in [0.4, 0.5) is 17.1 Å². The second-order valence-electron chi connectivity index (χ2n) is 16.3. The minimum Gasteiger partial charge on any atom is -0.460 e. The van der Waals surface area contributed by atoms with Gasteiger partial charge < -0.3 is 30.7 Å². The molecule has 3 heterocycles. The molecule has 0 radical (unpaired) electrons. The Bertz CT molecular complexity index is 2460. The van der Waals surface area contributed by atoms with Crippen molar-refractivity contribution in [2.75, 3.05) is 49.7 Å². The van der Waals surface area contributed by atoms with Crippen molar-refractivity contribution in [1.82, 2.24) is 15.2 Å². The molecule has 1 aliphatic heterocycles. The number of fused-ring (bicyclic) bond motifs is 2. The van der Waals surface area contributed by atoms with E-state index in [9.17, 15) is 19.4 Å². The highest BCUT2D eigenvalue weighted by Gasteiger charge is 2.56. The molecular weight excluding hydrogens is 797 g/mol. The summed E-state index contributed by atoms with van der Waals surface area (Å²) in [4.78, 5) is 56.1. The van der Waals surface area contributed by atoms with Gasteiger partial charge in [-0.2, -0.15) is 0 Å². The number of nitroso groups, excluding NO2 is 2. The molecule has 2 aliphatic carbocycles. The molecule has 6 N–H and O–H groups in total. The first kappa shape index (κ1) is 41.5. The van der Waals surface area contributed by atoms with E-state index in [1.54, 1.807) is 18.2 Å². The van der Waals surface area contributed by atoms with E-state index < -0.39 is 11.5 Å². The average Bonchev–Trinajstić information content (AvgIpc) is 3.95. The molecule has 3 aromatic carbocycles. The lowest BCUT2D eigenvalue weighted by atomic mass is 9.61. The Morgan fingerprint density at radius 1 is 1.08 bits per heavy atom. The number of likely N-dealkylation sites (tertiary alicyclic amines) is 1. The molecule has 0 bridgehead atoms. The van der Waals surface area contributed by atoms with Gasteiger partial charge in [0.15, 0.2) is 0 Å². The van der Waals surface area contributed by atoms with E-state index in [2.05, 4.69) is 31.6 Å². The summed E-state index contributed by atoms with van der Waals surface area (Å²) < 4.78 is 6.08. The number of thiophene rings is 1. The number of H-pyrrole nitrogens is 1. The Kier molecular flexibility index (Phi) is 12.3. The second-order valence-corrected chi connectivity index (χ2v) is 18.0. The van der Waals surface area contributed by atoms with Crippen LogP contribution >= 0.6 is 23.1 Å². The van der Waals surface area contributed by atoms with Crippen molar-refractivity contribution in [2.45, 2.75) is 63.1 Å². The molecule has 1 saturated carbocycles. The van der Waals surface area contributed by atoms with Crippen molar-refractivity contribution >= 4 is 63.1 Å². The molecule has 5 aromatic rings. The summed E-state index contributed by atoms with van der Waals surface area (Å²) in [5, 5.41) is 14.6. The molecule has 1 atom stereocenters. The number of hydrogen-bond acceptors (Lipinski definition) is 14. The van der Waals surface area contributed by atoms with Gasteiger partial charge in [0.1, 0.15) is 11.8 Å². The molecule has 2 fully saturated rings. The number of nitrogens with two attached hydrogens (primary N) is 2. The standard InChI is InChI=1S/C45H50N8O5S2/c1-59-39(22-29-8-3-2-4-9-29)45(51-57,38-12-6-21-60-38)43(55)58-32-24-44(25-32)27-52(28-44)19-7-20-53(47)42-35-11-5-10-33(35)31(23-36(42)46)26-48-18-17-30-13-15-37(50-56)41-34(30)14-16-40(54)49-41/h2-4,6,8-9,12-16,21-23,32,48H,5,7,10-11,17-20,24-28,46-47H2,1H3,(H,49,54)/b39-22-. The SMILES string of the molecule is CS/C(=C\c1ccccc1)C(N=O)(C(=O)OC1CC2(C1)CN(CCCN(N)c1c(N)cc(CNCCc3ccc(N=O)c4[nH]c(=O)ccc34)c3c1CCC3)C2)c1cccs1. The van der Waals surface area contributed by atoms with Gasteiger partial charge in [0.2, 0.25) is 5.56 Å². The number of carbonyl (C=O) groups excluding carboxylic acids is 1. The van der Waals surface area contributed by atoms with Gasteiger partial charge in [0.05, 0.1) is 21.8 Å². The molecule has 1 spiro atoms. The fourth-order valence-corrected chi connectivity index (χ4v) is 11.2. The van der Waals surface area contributed by atoms with Gasteiger partial charge in [-0.1, -0.05) is 42.5 Å². The Morgan fingerprint density at radius 2 is 1.88 bits per heavy atom. The Balaban J connectivity index is 0.815. The Hall–Kier alpha value is -5.19. The van der Waals surface area contributed by atoms with Crippen molar-refractivity contribution in [3.8, 4) is 0 Å². The molecule has 1 saturated heterocycles. The maximum Gasteiger partial charge on any atom is 0.348 e. The lowest BCUT2D eigenvalue weighted by Crippen LogP contribution is -2.64. The number of nitrogens with zero attached hydrogens (tertiary/aromatic N) is 4. The minimum absolute atomic E-state index is 0.122. The number of rotatable bonds is 18. The molecule has 60 heavy (non-hydrogen) atoms. The predicted octanol–water partition coefficient (Wildman–Crippen LogP) is 7.53. The van der Waals surface area contributed by atoms with E-state index in [1.165, 1.54) is 45.9 Å². The largest absolute Gasteiger partial charge is 0.460 e. The second kappa shape index (κ2) is 17.8. The number of pyridine rings is 1. The number of anilines is 2. The first-order chi connectivity index (χ1) is 29.2. The Labute approximate surface area is 356 Å². The van der Waals surface area contributed by atoms with E-state index in [1.807, 2.05) is 65.2 Å². The van der Waals surface area contributed by atoms with Gasteiger partial charge in [0, 0.05) is 48.0 Å². The fourth-order valence-electron chi connectivity index (χ4n) is 9.48. The number of ether oxygens (including phenoxy) is 1. The maximum atomic E-state index is 14.0. The molecule has 1 unspecified atom stereocenters. The third-order valence-electron chi connectivity index (χ3n) is 12.3. The number of carbonyl (C=O) groups is 1. The van der Waals surface area contributed by atoms with Crippen molar-refractivity contribution in [1.29, 1.82) is 0 Å². The predicted molar refractivity (Wildman–Crippen MR) is 242 cm³/mol. The topological polar surface area (TPSA) is 189 Å². The number of thioether (sulfide) groups is 1. The van der Waals surface area contributed by atoms with Crippen LogP contribution in [-0.2, 0) is 40.9 Å². The number of aromatic amines is 1. The van der Waals surface area contributed by atoms with Crippen LogP contribution in [0.15, 0.2) is 98.2 Å². The number of hydrogen-bond donors (Lipinski definition) is 4. The summed E-state index contributed by atoms with van der Waals surface area (Å²) in [6.45, 7) is 4.83. The third-order valence-corrected chi connectivity index (χ3v) is 14.1. The Morgan fingerprint density at radius 3 is 2.62 bits per heavy atom. The average molecular weight is 847 g/mol. The summed E-state index contributed by atoms with van der Waals surface area (Å²) in [7, 11) is 0. The van der Waals surface area contributed by atoms with E-state index in [0.29, 0.717) is 47.0 Å². The maximum absolute atomic E-state index is 14.0. The normalized spacial score (nSPS) is 17.1. The molecule has 15 heteroatoms. The van der Waals surface area contributed by atoms with Crippen LogP contribution in [0.1, 0.15) is 58.4 Å². The zero-order valence-electron chi connectivity index (χ0n) is 33.7. The van der Waals surface area contributed by atoms with E-state index in [0.717, 1.165) is 80.4 Å². The molecule has 0 amide bonds. The monoisotopic (exact) mass is 846 g/mol. The summed E-state index contributed by atoms with van der Waals surface area (Å²) in [6.07, 6.45) is 9.57. The zero-order chi connectivity index (χ0) is 41.9. The van der Waals surface area contributed by atoms with Crippen LogP contribution < -0.4 is 27.5 Å². The van der Waals surface area contributed by atoms with Gasteiger partial charge in [-0.15, -0.1) is 32.9 Å². The van der Waals surface area contributed by atoms with E-state index in [4.69, 9.17) is 16.3 Å². The summed E-state index contributed by atoms with van der Waals surface area (Å²) in [5.74, 6) is 6.11. The fraction of sp³-hybridized carbons (Fsp3) is 0.378. The van der Waals surface area contributed by atoms with Crippen LogP contribution in [0.5, 0.6) is 0 Å². The van der Waals surface area contributed by atoms with Gasteiger partial charge in [-0.3, -0.25) is 4.79 Å². The molecule has 13 nitrogen and oxygen atoms in total. The summed E-state index contributed by atoms with van der Waals surface area (Å²) in [5.41, 5.74) is 12.8. The van der Waals surface area contributed by atoms with Gasteiger partial charge in [-0.05, 0) is 138 Å². The number of aromatic nitrogens is 1. The molecule has 3 aliphatic rings. The van der Waals surface area contributed by atoms with E-state index in [-0.39, 0.29) is 22.8 Å². The van der Waals surface area contributed by atoms with Gasteiger partial charge in [0.25, 0.3) is 5.54 Å². The van der Waals surface area contributed by atoms with E-state index >= 15 is 0 Å². The van der Waals surface area contributed by atoms with Gasteiger partial charge >= 0.3 is 5.97 Å². The van der Waals surface area contributed by atoms with Crippen LogP contribution in [0.25, 0.3) is 17.0 Å². The molecule has 312 valence electrons. The van der Waals surface area contributed by atoms with Crippen LogP contribution in [0, 0.1) is 15.2 Å². The zero-order valence-corrected chi connectivity index (χ0v) is 35.3. The summed E-state index contributed by atoms with van der Waals surface area (Å²) >= 11 is 2.67. The van der Waals surface area contributed by atoms with Crippen molar-refractivity contribution in [3.05, 3.63) is 136 Å². The number of benzene rings is 3.